The summed E-state index contributed by atoms with van der Waals surface area (Å²) in [5.74, 6) is -0.00450. The summed E-state index contributed by atoms with van der Waals surface area (Å²) in [5, 5.41) is 23.4. The van der Waals surface area contributed by atoms with Crippen molar-refractivity contribution in [3.05, 3.63) is 0 Å². The van der Waals surface area contributed by atoms with Crippen molar-refractivity contribution < 1.29 is 24.5 Å². The quantitative estimate of drug-likeness (QED) is 0.0417. The Bertz CT molecular complexity index is 1150. The Morgan fingerprint density at radius 2 is 0.519 bits per heavy atom. The van der Waals surface area contributed by atoms with Crippen molar-refractivity contribution >= 4 is 11.9 Å². The predicted octanol–water partition coefficient (Wildman–Crippen LogP) is 23.8. The number of rotatable bonds is 70. The van der Waals surface area contributed by atoms with E-state index in [9.17, 15) is 19.8 Å². The summed E-state index contributed by atoms with van der Waals surface area (Å²) in [4.78, 5) is 24.7. The number of amides is 1. The Labute approximate surface area is 496 Å². The molecule has 6 nitrogen and oxygen atoms in total. The molecule has 0 aliphatic rings. The Morgan fingerprint density at radius 3 is 0.772 bits per heavy atom. The van der Waals surface area contributed by atoms with E-state index in [-0.39, 0.29) is 18.5 Å². The highest BCUT2D eigenvalue weighted by atomic mass is 16.5. The van der Waals surface area contributed by atoms with Crippen LogP contribution in [0.3, 0.4) is 0 Å². The van der Waals surface area contributed by atoms with Crippen LogP contribution in [-0.2, 0) is 14.3 Å². The lowest BCUT2D eigenvalue weighted by molar-refractivity contribution is -0.143. The number of nitrogens with one attached hydrogen (secondary N) is 1. The average molecular weight is 1120 g/mol. The third-order valence-corrected chi connectivity index (χ3v) is 17.7. The normalized spacial score (nSPS) is 12.4. The van der Waals surface area contributed by atoms with Gasteiger partial charge in [0.15, 0.2) is 0 Å². The minimum atomic E-state index is -0.662. The highest BCUT2D eigenvalue weighted by Gasteiger charge is 2.20. The van der Waals surface area contributed by atoms with E-state index in [1.54, 1.807) is 0 Å². The zero-order valence-corrected chi connectivity index (χ0v) is 54.2. The molecule has 0 aromatic rings. The molecular weight excluding hydrogens is 971 g/mol. The lowest BCUT2D eigenvalue weighted by Gasteiger charge is -2.22. The van der Waals surface area contributed by atoms with Gasteiger partial charge in [0.1, 0.15) is 0 Å². The number of aliphatic hydroxyl groups is 2. The smallest absolute Gasteiger partial charge is 0.305 e. The van der Waals surface area contributed by atoms with Crippen LogP contribution in [0.2, 0.25) is 0 Å². The van der Waals surface area contributed by atoms with Gasteiger partial charge in [-0.2, -0.15) is 0 Å². The molecule has 0 aromatic carbocycles. The molecule has 0 saturated heterocycles. The highest BCUT2D eigenvalue weighted by molar-refractivity contribution is 5.76. The van der Waals surface area contributed by atoms with Crippen molar-refractivity contribution in [1.82, 2.24) is 5.32 Å². The van der Waals surface area contributed by atoms with Gasteiger partial charge >= 0.3 is 5.97 Å². The maximum atomic E-state index is 12.5. The van der Waals surface area contributed by atoms with Gasteiger partial charge in [-0.25, -0.2) is 0 Å². The molecule has 3 N–H and O–H groups in total. The molecule has 79 heavy (non-hydrogen) atoms. The van der Waals surface area contributed by atoms with Gasteiger partial charge in [0.25, 0.3) is 0 Å². The SMILES string of the molecule is CCCCCCCCCCCCCCCCCCCCC(=O)OCCCCCCCCCCCCCCCCCCCCCCCCCCCCC(=O)NC(CO)C(O)CCCCCCCCCCCCCCCCCCCC. The molecule has 2 unspecified atom stereocenters. The van der Waals surface area contributed by atoms with Crippen LogP contribution in [0.4, 0.5) is 0 Å². The molecule has 1 amide bonds. The van der Waals surface area contributed by atoms with Crippen molar-refractivity contribution in [2.45, 2.75) is 443 Å². The summed E-state index contributed by atoms with van der Waals surface area (Å²) in [6, 6.07) is -0.539. The first-order chi connectivity index (χ1) is 39.0. The first-order valence-electron chi connectivity index (χ1n) is 36.8. The summed E-state index contributed by atoms with van der Waals surface area (Å²) in [6.07, 6.45) is 84.5. The van der Waals surface area contributed by atoms with E-state index in [1.165, 1.54) is 360 Å². The summed E-state index contributed by atoms with van der Waals surface area (Å²) in [5.41, 5.74) is 0. The van der Waals surface area contributed by atoms with Crippen LogP contribution < -0.4 is 5.32 Å². The van der Waals surface area contributed by atoms with Crippen LogP contribution in [-0.4, -0.2) is 47.4 Å². The lowest BCUT2D eigenvalue weighted by atomic mass is 10.0. The summed E-state index contributed by atoms with van der Waals surface area (Å²) in [7, 11) is 0. The Morgan fingerprint density at radius 1 is 0.304 bits per heavy atom. The second-order valence-electron chi connectivity index (χ2n) is 25.6. The van der Waals surface area contributed by atoms with Gasteiger partial charge in [-0.15, -0.1) is 0 Å². The van der Waals surface area contributed by atoms with E-state index in [1.807, 2.05) is 0 Å². The topological polar surface area (TPSA) is 95.9 Å². The lowest BCUT2D eigenvalue weighted by Crippen LogP contribution is -2.45. The summed E-state index contributed by atoms with van der Waals surface area (Å²) in [6.45, 7) is 5.01. The zero-order chi connectivity index (χ0) is 57.1. The van der Waals surface area contributed by atoms with Crippen LogP contribution in [0.25, 0.3) is 0 Å². The average Bonchev–Trinajstić information content (AvgIpc) is 3.45. The first-order valence-corrected chi connectivity index (χ1v) is 36.8. The fourth-order valence-electron chi connectivity index (χ4n) is 12.1. The van der Waals surface area contributed by atoms with Crippen molar-refractivity contribution in [1.29, 1.82) is 0 Å². The van der Waals surface area contributed by atoms with E-state index in [0.717, 1.165) is 38.5 Å². The Kier molecular flexibility index (Phi) is 68.4. The van der Waals surface area contributed by atoms with E-state index >= 15 is 0 Å². The number of hydrogen-bond acceptors (Lipinski definition) is 5. The Hall–Kier alpha value is -1.14. The predicted molar refractivity (Wildman–Crippen MR) is 347 cm³/mol. The molecule has 0 saturated carbocycles. The number of aliphatic hydroxyl groups excluding tert-OH is 2. The maximum Gasteiger partial charge on any atom is 0.305 e. The van der Waals surface area contributed by atoms with Gasteiger partial charge in [0, 0.05) is 12.8 Å². The van der Waals surface area contributed by atoms with Gasteiger partial charge in [-0.05, 0) is 25.7 Å². The number of carbonyl (C=O) groups is 2. The van der Waals surface area contributed by atoms with E-state index in [2.05, 4.69) is 19.2 Å². The molecule has 0 spiro atoms. The monoisotopic (exact) mass is 1120 g/mol. The fraction of sp³-hybridized carbons (Fsp3) is 0.973. The number of unbranched alkanes of at least 4 members (excludes halogenated alkanes) is 59. The van der Waals surface area contributed by atoms with Crippen molar-refractivity contribution in [3.8, 4) is 0 Å². The van der Waals surface area contributed by atoms with Crippen LogP contribution in [0.1, 0.15) is 431 Å². The fourth-order valence-corrected chi connectivity index (χ4v) is 12.1. The van der Waals surface area contributed by atoms with Crippen LogP contribution in [0.5, 0.6) is 0 Å². The summed E-state index contributed by atoms with van der Waals surface area (Å²) >= 11 is 0. The van der Waals surface area contributed by atoms with Gasteiger partial charge in [-0.1, -0.05) is 393 Å². The minimum absolute atomic E-state index is 0.0232. The number of esters is 1. The van der Waals surface area contributed by atoms with Gasteiger partial charge in [0.2, 0.25) is 5.91 Å². The third-order valence-electron chi connectivity index (χ3n) is 17.7. The molecule has 0 bridgehead atoms. The highest BCUT2D eigenvalue weighted by Crippen LogP contribution is 2.20. The second kappa shape index (κ2) is 69.4. The largest absolute Gasteiger partial charge is 0.466 e. The van der Waals surface area contributed by atoms with Crippen LogP contribution in [0.15, 0.2) is 0 Å². The molecule has 0 aliphatic carbocycles. The maximum absolute atomic E-state index is 12.5. The van der Waals surface area contributed by atoms with E-state index in [0.29, 0.717) is 25.9 Å². The van der Waals surface area contributed by atoms with Crippen LogP contribution in [0, 0.1) is 0 Å². The molecule has 0 rings (SSSR count). The summed E-state index contributed by atoms with van der Waals surface area (Å²) < 4.78 is 5.51. The third kappa shape index (κ3) is 65.9. The van der Waals surface area contributed by atoms with Gasteiger partial charge < -0.3 is 20.3 Å². The van der Waals surface area contributed by atoms with E-state index < -0.39 is 12.1 Å². The van der Waals surface area contributed by atoms with E-state index in [4.69, 9.17) is 4.74 Å². The molecule has 0 radical (unpaired) electrons. The second-order valence-corrected chi connectivity index (χ2v) is 25.6. The first kappa shape index (κ1) is 77.9. The standard InChI is InChI=1S/C73H145NO5/c1-3-5-7-9-11-13-15-17-19-21-33-37-41-45-49-53-57-61-65-71(76)70(69-75)74-72(77)66-62-58-54-50-46-42-38-34-31-29-27-25-23-24-26-28-30-32-36-40-44-48-52-56-60-64-68-79-73(78)67-63-59-55-51-47-43-39-35-22-20-18-16-14-12-10-8-6-4-2/h70-71,75-76H,3-69H2,1-2H3,(H,74,77). The van der Waals surface area contributed by atoms with Gasteiger partial charge in [-0.3, -0.25) is 9.59 Å². The molecular formula is C73H145NO5. The van der Waals surface area contributed by atoms with Crippen molar-refractivity contribution in [2.24, 2.45) is 0 Å². The minimum Gasteiger partial charge on any atom is -0.466 e. The van der Waals surface area contributed by atoms with Crippen molar-refractivity contribution in [2.75, 3.05) is 13.2 Å². The van der Waals surface area contributed by atoms with Crippen molar-refractivity contribution in [3.63, 3.8) is 0 Å². The molecule has 472 valence electrons. The molecule has 0 aromatic heterocycles. The number of ether oxygens (including phenoxy) is 1. The molecule has 0 heterocycles. The molecule has 2 atom stereocenters. The number of carbonyl (C=O) groups excluding carboxylic acids is 2. The molecule has 6 heteroatoms. The van der Waals surface area contributed by atoms with Crippen LogP contribution >= 0.6 is 0 Å². The molecule has 0 aliphatic heterocycles. The number of hydrogen-bond donors (Lipinski definition) is 3. The Balaban J connectivity index is 3.33. The molecule has 0 fully saturated rings. The zero-order valence-electron chi connectivity index (χ0n) is 54.2. The van der Waals surface area contributed by atoms with Gasteiger partial charge in [0.05, 0.1) is 25.4 Å².